The average molecular weight is 485 g/mol. The Bertz CT molecular complexity index is 974. The van der Waals surface area contributed by atoms with E-state index >= 15 is 0 Å². The van der Waals surface area contributed by atoms with E-state index in [-0.39, 0.29) is 13.0 Å². The SMILES string of the molecule is CC(C=O)NC[C@H](Cc1ccccc1)C(Cc1ccccc1)(NC(=O)O)N(NC(=O)O)[C@@H](C)C=O. The summed E-state index contributed by atoms with van der Waals surface area (Å²) in [5.41, 5.74) is 2.24. The van der Waals surface area contributed by atoms with Crippen LogP contribution in [0.5, 0.6) is 0 Å². The van der Waals surface area contributed by atoms with E-state index in [0.29, 0.717) is 12.7 Å². The lowest BCUT2D eigenvalue weighted by molar-refractivity contribution is -0.120. The highest BCUT2D eigenvalue weighted by molar-refractivity contribution is 5.68. The van der Waals surface area contributed by atoms with Crippen molar-refractivity contribution in [2.24, 2.45) is 5.92 Å². The maximum absolute atomic E-state index is 12.2. The maximum Gasteiger partial charge on any atom is 0.419 e. The highest BCUT2D eigenvalue weighted by Crippen LogP contribution is 2.31. The molecule has 0 spiro atoms. The lowest BCUT2D eigenvalue weighted by atomic mass is 9.80. The highest BCUT2D eigenvalue weighted by Gasteiger charge is 2.48. The minimum Gasteiger partial charge on any atom is -0.465 e. The summed E-state index contributed by atoms with van der Waals surface area (Å²) in [6.45, 7) is 3.29. The minimum atomic E-state index is -1.61. The fourth-order valence-corrected chi connectivity index (χ4v) is 4.14. The number of benzene rings is 2. The Kier molecular flexibility index (Phi) is 10.4. The molecule has 2 aromatic carbocycles. The molecular formula is C25H32N4O6. The van der Waals surface area contributed by atoms with Gasteiger partial charge in [0.25, 0.3) is 0 Å². The Morgan fingerprint density at radius 1 is 0.914 bits per heavy atom. The summed E-state index contributed by atoms with van der Waals surface area (Å²) in [7, 11) is 0. The van der Waals surface area contributed by atoms with Crippen LogP contribution in [0.4, 0.5) is 9.59 Å². The van der Waals surface area contributed by atoms with Crippen molar-refractivity contribution >= 4 is 24.8 Å². The number of hydrazine groups is 1. The number of carboxylic acid groups (broad SMARTS) is 2. The Morgan fingerprint density at radius 3 is 1.97 bits per heavy atom. The normalized spacial score (nSPS) is 15.3. The van der Waals surface area contributed by atoms with E-state index in [9.17, 15) is 29.4 Å². The summed E-state index contributed by atoms with van der Waals surface area (Å²) >= 11 is 0. The van der Waals surface area contributed by atoms with Crippen molar-refractivity contribution in [2.75, 3.05) is 6.54 Å². The highest BCUT2D eigenvalue weighted by atomic mass is 16.4. The number of hydrogen-bond acceptors (Lipinski definition) is 6. The van der Waals surface area contributed by atoms with Gasteiger partial charge in [0.1, 0.15) is 18.2 Å². The second kappa shape index (κ2) is 13.2. The fraction of sp³-hybridized carbons (Fsp3) is 0.360. The zero-order valence-corrected chi connectivity index (χ0v) is 19.8. The molecule has 4 atom stereocenters. The van der Waals surface area contributed by atoms with Crippen LogP contribution < -0.4 is 16.1 Å². The number of nitrogens with one attached hydrogen (secondary N) is 3. The molecule has 2 aromatic rings. The first-order chi connectivity index (χ1) is 16.7. The van der Waals surface area contributed by atoms with Gasteiger partial charge < -0.3 is 30.4 Å². The predicted octanol–water partition coefficient (Wildman–Crippen LogP) is 2.30. The van der Waals surface area contributed by atoms with Gasteiger partial charge in [-0.15, -0.1) is 0 Å². The Labute approximate surface area is 204 Å². The summed E-state index contributed by atoms with van der Waals surface area (Å²) in [4.78, 5) is 47.2. The lowest BCUT2D eigenvalue weighted by Gasteiger charge is -2.49. The molecular weight excluding hydrogens is 452 g/mol. The van der Waals surface area contributed by atoms with Crippen LogP contribution in [0.15, 0.2) is 60.7 Å². The van der Waals surface area contributed by atoms with Crippen molar-refractivity contribution in [2.45, 2.75) is 44.4 Å². The van der Waals surface area contributed by atoms with Crippen LogP contribution in [-0.2, 0) is 22.4 Å². The standard InChI is InChI=1S/C25H32N4O6/c1-18(16-30)26-15-22(13-20-9-5-3-6-10-20)25(27-23(32)33,14-21-11-7-4-8-12-21)29(19(2)17-31)28-24(34)35/h3-12,16-19,22,26-28H,13-15H2,1-2H3,(H,32,33)(H,34,35)/t18?,19-,22-,25?/m0/s1. The van der Waals surface area contributed by atoms with E-state index in [1.807, 2.05) is 36.4 Å². The molecule has 0 heterocycles. The van der Waals surface area contributed by atoms with Gasteiger partial charge >= 0.3 is 12.2 Å². The van der Waals surface area contributed by atoms with Crippen molar-refractivity contribution in [3.63, 3.8) is 0 Å². The molecule has 0 saturated heterocycles. The molecule has 188 valence electrons. The van der Waals surface area contributed by atoms with Crippen molar-refractivity contribution in [1.29, 1.82) is 0 Å². The summed E-state index contributed by atoms with van der Waals surface area (Å²) in [6, 6.07) is 16.7. The summed E-state index contributed by atoms with van der Waals surface area (Å²) in [5, 5.41) is 26.3. The molecule has 0 aliphatic heterocycles. The molecule has 0 aliphatic rings. The van der Waals surface area contributed by atoms with Gasteiger partial charge in [-0.3, -0.25) is 5.43 Å². The van der Waals surface area contributed by atoms with E-state index in [4.69, 9.17) is 0 Å². The quantitative estimate of drug-likeness (QED) is 0.156. The van der Waals surface area contributed by atoms with Crippen LogP contribution in [0.1, 0.15) is 25.0 Å². The van der Waals surface area contributed by atoms with Gasteiger partial charge in [0, 0.05) is 18.9 Å². The smallest absolute Gasteiger partial charge is 0.419 e. The molecule has 0 radical (unpaired) electrons. The lowest BCUT2D eigenvalue weighted by Crippen LogP contribution is -2.73. The molecule has 2 unspecified atom stereocenters. The number of aldehydes is 2. The van der Waals surface area contributed by atoms with E-state index in [1.54, 1.807) is 31.2 Å². The zero-order chi connectivity index (χ0) is 25.8. The molecule has 10 heteroatoms. The van der Waals surface area contributed by atoms with Crippen molar-refractivity contribution in [1.82, 2.24) is 21.1 Å². The van der Waals surface area contributed by atoms with Crippen LogP contribution in [-0.4, -0.2) is 64.3 Å². The van der Waals surface area contributed by atoms with Gasteiger partial charge in [-0.05, 0) is 31.4 Å². The average Bonchev–Trinajstić information content (AvgIpc) is 2.84. The van der Waals surface area contributed by atoms with Gasteiger partial charge in [-0.2, -0.15) is 5.01 Å². The van der Waals surface area contributed by atoms with Crippen LogP contribution >= 0.6 is 0 Å². The Hall–Kier alpha value is -3.76. The molecule has 0 bridgehead atoms. The molecule has 10 nitrogen and oxygen atoms in total. The number of amides is 2. The number of carbonyl (C=O) groups excluding carboxylic acids is 2. The molecule has 35 heavy (non-hydrogen) atoms. The van der Waals surface area contributed by atoms with Gasteiger partial charge in [0.2, 0.25) is 0 Å². The molecule has 0 aromatic heterocycles. The third-order valence-corrected chi connectivity index (χ3v) is 5.78. The van der Waals surface area contributed by atoms with Crippen molar-refractivity contribution < 1.29 is 29.4 Å². The summed E-state index contributed by atoms with van der Waals surface area (Å²) < 4.78 is 0. The molecule has 5 N–H and O–H groups in total. The van der Waals surface area contributed by atoms with Crippen LogP contribution in [0, 0.1) is 5.92 Å². The van der Waals surface area contributed by atoms with E-state index in [0.717, 1.165) is 22.4 Å². The third-order valence-electron chi connectivity index (χ3n) is 5.78. The first-order valence-corrected chi connectivity index (χ1v) is 11.2. The topological polar surface area (TPSA) is 148 Å². The number of carbonyl (C=O) groups is 4. The summed E-state index contributed by atoms with van der Waals surface area (Å²) in [6.07, 6.45) is -1.22. The van der Waals surface area contributed by atoms with Crippen LogP contribution in [0.3, 0.4) is 0 Å². The maximum atomic E-state index is 12.2. The van der Waals surface area contributed by atoms with E-state index in [2.05, 4.69) is 16.1 Å². The Morgan fingerprint density at radius 2 is 1.49 bits per heavy atom. The van der Waals surface area contributed by atoms with E-state index < -0.39 is 35.9 Å². The van der Waals surface area contributed by atoms with Gasteiger partial charge in [-0.1, -0.05) is 60.7 Å². The van der Waals surface area contributed by atoms with Gasteiger partial charge in [0.05, 0.1) is 12.1 Å². The van der Waals surface area contributed by atoms with E-state index in [1.165, 1.54) is 6.92 Å². The van der Waals surface area contributed by atoms with Crippen molar-refractivity contribution in [3.8, 4) is 0 Å². The predicted molar refractivity (Wildman–Crippen MR) is 130 cm³/mol. The van der Waals surface area contributed by atoms with Crippen molar-refractivity contribution in [3.05, 3.63) is 71.8 Å². The Balaban J connectivity index is 2.74. The number of nitrogens with zero attached hydrogens (tertiary/aromatic N) is 1. The fourth-order valence-electron chi connectivity index (χ4n) is 4.14. The third kappa shape index (κ3) is 7.90. The first-order valence-electron chi connectivity index (χ1n) is 11.2. The molecule has 0 aliphatic carbocycles. The van der Waals surface area contributed by atoms with Gasteiger partial charge in [-0.25, -0.2) is 9.59 Å². The van der Waals surface area contributed by atoms with Crippen LogP contribution in [0.2, 0.25) is 0 Å². The van der Waals surface area contributed by atoms with Crippen LogP contribution in [0.25, 0.3) is 0 Å². The second-order valence-electron chi connectivity index (χ2n) is 8.40. The molecule has 2 rings (SSSR count). The second-order valence-corrected chi connectivity index (χ2v) is 8.40. The number of rotatable bonds is 14. The van der Waals surface area contributed by atoms with Gasteiger partial charge in [0.15, 0.2) is 0 Å². The number of hydrogen-bond donors (Lipinski definition) is 5. The summed E-state index contributed by atoms with van der Waals surface area (Å²) in [5.74, 6) is -0.627. The first kappa shape index (κ1) is 27.5. The zero-order valence-electron chi connectivity index (χ0n) is 19.8. The molecule has 0 fully saturated rings. The minimum absolute atomic E-state index is 0.0350. The largest absolute Gasteiger partial charge is 0.465 e. The molecule has 2 amide bonds. The molecule has 0 saturated carbocycles. The monoisotopic (exact) mass is 484 g/mol.